The van der Waals surface area contributed by atoms with Crippen molar-refractivity contribution in [3.05, 3.63) is 30.1 Å². The third kappa shape index (κ3) is 5.20. The van der Waals surface area contributed by atoms with Crippen LogP contribution in [0.4, 0.5) is 0 Å². The monoisotopic (exact) mass is 286 g/mol. The second kappa shape index (κ2) is 8.43. The molecule has 4 heteroatoms. The zero-order valence-electron chi connectivity index (χ0n) is 12.5. The van der Waals surface area contributed by atoms with Gasteiger partial charge in [-0.2, -0.15) is 0 Å². The summed E-state index contributed by atoms with van der Waals surface area (Å²) in [4.78, 5) is 17.3. The van der Waals surface area contributed by atoms with E-state index in [2.05, 4.69) is 27.8 Å². The largest absolute Gasteiger partial charge is 0.465 e. The van der Waals surface area contributed by atoms with Crippen LogP contribution in [0.5, 0.6) is 0 Å². The smallest absolute Gasteiger partial charge is 0.302 e. The number of carbonyl (C=O) groups excluding carboxylic acids is 1. The number of hydrogen-bond acceptors (Lipinski definition) is 4. The third-order valence-corrected chi connectivity index (χ3v) is 3.62. The number of rotatable bonds is 4. The van der Waals surface area contributed by atoms with Gasteiger partial charge in [-0.1, -0.05) is 24.3 Å². The van der Waals surface area contributed by atoms with Crippen LogP contribution < -0.4 is 0 Å². The quantitative estimate of drug-likeness (QED) is 0.485. The first-order chi connectivity index (χ1) is 10.3. The highest BCUT2D eigenvalue weighted by Crippen LogP contribution is 2.29. The second-order valence-electron chi connectivity index (χ2n) is 5.21. The zero-order valence-corrected chi connectivity index (χ0v) is 12.5. The Labute approximate surface area is 126 Å². The molecule has 1 aromatic rings. The van der Waals surface area contributed by atoms with E-state index in [9.17, 15) is 4.79 Å². The summed E-state index contributed by atoms with van der Waals surface area (Å²) < 4.78 is 4.86. The van der Waals surface area contributed by atoms with Gasteiger partial charge in [0, 0.05) is 31.8 Å². The van der Waals surface area contributed by atoms with Crippen molar-refractivity contribution < 1.29 is 9.53 Å². The number of ether oxygens (including phenoxy) is 1. The topological polar surface area (TPSA) is 42.4 Å². The fourth-order valence-electron chi connectivity index (χ4n) is 2.62. The van der Waals surface area contributed by atoms with Crippen LogP contribution in [0.3, 0.4) is 0 Å². The molecule has 1 aromatic heterocycles. The van der Waals surface area contributed by atoms with Gasteiger partial charge in [-0.3, -0.25) is 14.7 Å². The van der Waals surface area contributed by atoms with E-state index in [1.807, 2.05) is 18.5 Å². The number of hydrogen-bond donors (Lipinski definition) is 0. The van der Waals surface area contributed by atoms with Crippen molar-refractivity contribution in [2.45, 2.75) is 38.6 Å². The fraction of sp³-hybridized carbons (Fsp3) is 0.529. The molecule has 0 aliphatic carbocycles. The normalized spacial score (nSPS) is 18.6. The predicted molar refractivity (Wildman–Crippen MR) is 81.4 cm³/mol. The molecule has 1 aliphatic heterocycles. The van der Waals surface area contributed by atoms with Crippen LogP contribution in [0.15, 0.2) is 24.5 Å². The minimum Gasteiger partial charge on any atom is -0.465 e. The molecular weight excluding hydrogens is 264 g/mol. The summed E-state index contributed by atoms with van der Waals surface area (Å²) in [6.07, 6.45) is 8.02. The molecule has 1 unspecified atom stereocenters. The van der Waals surface area contributed by atoms with Gasteiger partial charge in [-0.05, 0) is 31.0 Å². The minimum atomic E-state index is -0.246. The Bertz CT molecular complexity index is 505. The van der Waals surface area contributed by atoms with Crippen molar-refractivity contribution in [1.82, 2.24) is 9.88 Å². The average Bonchev–Trinajstić information content (AvgIpc) is 2.52. The van der Waals surface area contributed by atoms with Gasteiger partial charge in [0.25, 0.3) is 0 Å². The van der Waals surface area contributed by atoms with E-state index in [1.165, 1.54) is 31.7 Å². The lowest BCUT2D eigenvalue weighted by atomic mass is 9.96. The molecule has 0 amide bonds. The van der Waals surface area contributed by atoms with Gasteiger partial charge in [0.2, 0.25) is 0 Å². The number of nitrogens with zero attached hydrogens (tertiary/aromatic N) is 2. The van der Waals surface area contributed by atoms with Crippen LogP contribution in [-0.4, -0.2) is 35.5 Å². The molecule has 0 N–H and O–H groups in total. The first kappa shape index (κ1) is 15.5. The molecular formula is C17H22N2O2. The maximum Gasteiger partial charge on any atom is 0.302 e. The molecule has 1 atom stereocenters. The van der Waals surface area contributed by atoms with Gasteiger partial charge >= 0.3 is 5.97 Å². The molecule has 112 valence electrons. The number of carbonyl (C=O) groups is 1. The van der Waals surface area contributed by atoms with E-state index in [-0.39, 0.29) is 5.97 Å². The lowest BCUT2D eigenvalue weighted by Crippen LogP contribution is -2.33. The summed E-state index contributed by atoms with van der Waals surface area (Å²) in [7, 11) is 0. The number of pyridine rings is 1. The van der Waals surface area contributed by atoms with Crippen molar-refractivity contribution in [2.75, 3.05) is 19.7 Å². The van der Waals surface area contributed by atoms with E-state index in [0.29, 0.717) is 19.1 Å². The maximum atomic E-state index is 10.6. The first-order valence-electron chi connectivity index (χ1n) is 7.50. The zero-order chi connectivity index (χ0) is 14.9. The van der Waals surface area contributed by atoms with Crippen LogP contribution in [-0.2, 0) is 9.53 Å². The molecule has 0 spiro atoms. The molecule has 0 saturated carbocycles. The Morgan fingerprint density at radius 1 is 1.48 bits per heavy atom. The Balaban J connectivity index is 1.85. The number of likely N-dealkylation sites (tertiary alicyclic amines) is 1. The van der Waals surface area contributed by atoms with E-state index in [0.717, 1.165) is 13.1 Å². The van der Waals surface area contributed by atoms with Gasteiger partial charge in [-0.15, -0.1) is 0 Å². The number of aromatic nitrogens is 1. The number of piperidine rings is 1. The lowest BCUT2D eigenvalue weighted by molar-refractivity contribution is -0.140. The predicted octanol–water partition coefficient (Wildman–Crippen LogP) is 2.57. The highest BCUT2D eigenvalue weighted by atomic mass is 16.5. The fourth-order valence-corrected chi connectivity index (χ4v) is 2.62. The van der Waals surface area contributed by atoms with Gasteiger partial charge in [0.15, 0.2) is 0 Å². The summed E-state index contributed by atoms with van der Waals surface area (Å²) in [6.45, 7) is 3.64. The van der Waals surface area contributed by atoms with Crippen LogP contribution >= 0.6 is 0 Å². The Morgan fingerprint density at radius 2 is 2.38 bits per heavy atom. The van der Waals surface area contributed by atoms with Gasteiger partial charge < -0.3 is 4.74 Å². The second-order valence-corrected chi connectivity index (χ2v) is 5.21. The van der Waals surface area contributed by atoms with Crippen molar-refractivity contribution in [3.8, 4) is 11.8 Å². The average molecular weight is 286 g/mol. The van der Waals surface area contributed by atoms with Crippen molar-refractivity contribution >= 4 is 5.97 Å². The SMILES string of the molecule is CC(=O)OCCC#CCN1CCCCC1c1cccnc1. The van der Waals surface area contributed by atoms with Gasteiger partial charge in [0.05, 0.1) is 6.54 Å². The van der Waals surface area contributed by atoms with Gasteiger partial charge in [0.1, 0.15) is 6.61 Å². The molecule has 0 bridgehead atoms. The van der Waals surface area contributed by atoms with E-state index >= 15 is 0 Å². The highest BCUT2D eigenvalue weighted by Gasteiger charge is 2.22. The molecule has 0 radical (unpaired) electrons. The summed E-state index contributed by atoms with van der Waals surface area (Å²) in [6, 6.07) is 4.56. The Hall–Kier alpha value is -1.86. The summed E-state index contributed by atoms with van der Waals surface area (Å²) in [5.74, 6) is 6.02. The van der Waals surface area contributed by atoms with E-state index in [1.54, 1.807) is 0 Å². The summed E-state index contributed by atoms with van der Waals surface area (Å²) in [5.41, 5.74) is 1.28. The van der Waals surface area contributed by atoms with Crippen molar-refractivity contribution in [1.29, 1.82) is 0 Å². The molecule has 21 heavy (non-hydrogen) atoms. The Morgan fingerprint density at radius 3 is 3.14 bits per heavy atom. The number of esters is 1. The van der Waals surface area contributed by atoms with Crippen molar-refractivity contribution in [3.63, 3.8) is 0 Å². The standard InChI is InChI=1S/C17H22N2O2/c1-15(20)21-13-6-2-4-11-19-12-5-3-9-17(19)16-8-7-10-18-14-16/h7-8,10,14,17H,3,5-6,9,11-13H2,1H3. The molecule has 1 aliphatic rings. The third-order valence-electron chi connectivity index (χ3n) is 3.62. The first-order valence-corrected chi connectivity index (χ1v) is 7.50. The highest BCUT2D eigenvalue weighted by molar-refractivity contribution is 5.65. The molecule has 1 fully saturated rings. The van der Waals surface area contributed by atoms with Crippen LogP contribution in [0.2, 0.25) is 0 Å². The molecule has 2 heterocycles. The molecule has 1 saturated heterocycles. The van der Waals surface area contributed by atoms with Crippen LogP contribution in [0.25, 0.3) is 0 Å². The summed E-state index contributed by atoms with van der Waals surface area (Å²) >= 11 is 0. The van der Waals surface area contributed by atoms with Gasteiger partial charge in [-0.25, -0.2) is 0 Å². The van der Waals surface area contributed by atoms with E-state index < -0.39 is 0 Å². The molecule has 0 aromatic carbocycles. The molecule has 2 rings (SSSR count). The molecule has 4 nitrogen and oxygen atoms in total. The van der Waals surface area contributed by atoms with Crippen molar-refractivity contribution in [2.24, 2.45) is 0 Å². The maximum absolute atomic E-state index is 10.6. The lowest BCUT2D eigenvalue weighted by Gasteiger charge is -2.34. The van der Waals surface area contributed by atoms with Crippen LogP contribution in [0.1, 0.15) is 44.2 Å². The van der Waals surface area contributed by atoms with Crippen LogP contribution in [0, 0.1) is 11.8 Å². The summed E-state index contributed by atoms with van der Waals surface area (Å²) in [5, 5.41) is 0. The minimum absolute atomic E-state index is 0.246. The van der Waals surface area contributed by atoms with E-state index in [4.69, 9.17) is 4.74 Å². The Kier molecular flexibility index (Phi) is 6.23.